The molecule has 0 fully saturated rings. The van der Waals surface area contributed by atoms with Crippen molar-refractivity contribution in [1.82, 2.24) is 0 Å². The molecule has 0 rings (SSSR count). The number of nitro groups is 1. The van der Waals surface area contributed by atoms with Crippen LogP contribution in [0.15, 0.2) is 0 Å². The normalized spacial score (nSPS) is 17.2. The Morgan fingerprint density at radius 1 is 1.38 bits per heavy atom. The van der Waals surface area contributed by atoms with Crippen LogP contribution in [-0.4, -0.2) is 50.7 Å². The number of carbonyl (C=O) groups excluding carboxylic acids is 2. The predicted molar refractivity (Wildman–Crippen MR) is 36.1 cm³/mol. The number of ketones is 1. The summed E-state index contributed by atoms with van der Waals surface area (Å²) < 4.78 is 0. The minimum atomic E-state index is -2.63. The summed E-state index contributed by atoms with van der Waals surface area (Å²) in [5, 5.41) is 35.5. The van der Waals surface area contributed by atoms with E-state index in [1.54, 1.807) is 0 Å². The summed E-state index contributed by atoms with van der Waals surface area (Å²) >= 11 is 0. The third-order valence-corrected chi connectivity index (χ3v) is 1.21. The largest absolute Gasteiger partial charge is 0.382 e. The van der Waals surface area contributed by atoms with Crippen molar-refractivity contribution in [2.45, 2.75) is 18.4 Å². The van der Waals surface area contributed by atoms with E-state index in [9.17, 15) is 19.7 Å². The number of rotatable bonds is 5. The monoisotopic (exact) mass is 193 g/mol. The molecule has 0 saturated carbocycles. The van der Waals surface area contributed by atoms with Gasteiger partial charge < -0.3 is 20.1 Å². The summed E-state index contributed by atoms with van der Waals surface area (Å²) in [4.78, 5) is 28.9. The van der Waals surface area contributed by atoms with Crippen molar-refractivity contribution in [3.05, 3.63) is 10.1 Å². The molecule has 0 spiro atoms. The summed E-state index contributed by atoms with van der Waals surface area (Å²) in [6.07, 6.45) is -7.15. The van der Waals surface area contributed by atoms with E-state index in [1.807, 2.05) is 0 Å². The molecule has 0 aliphatic carbocycles. The van der Waals surface area contributed by atoms with Crippen molar-refractivity contribution in [3.8, 4) is 0 Å². The number of aliphatic hydroxyl groups excluding tert-OH is 3. The summed E-state index contributed by atoms with van der Waals surface area (Å²) in [7, 11) is 0. The maximum absolute atomic E-state index is 10.6. The van der Waals surface area contributed by atoms with E-state index in [0.717, 1.165) is 0 Å². The second-order valence-electron chi connectivity index (χ2n) is 2.13. The standard InChI is InChI=1S/C5H7NO7/c7-1-2(8)3(9)4(10)5(11)6(12)13/h1-3,5,8-9,11H/t2-,3+,5?/m1/s1. The molecule has 0 aliphatic heterocycles. The molecule has 0 amide bonds. The number of aldehydes is 1. The highest BCUT2D eigenvalue weighted by atomic mass is 16.7. The van der Waals surface area contributed by atoms with Crippen molar-refractivity contribution in [2.75, 3.05) is 0 Å². The Labute approximate surface area is 71.6 Å². The molecule has 1 unspecified atom stereocenters. The van der Waals surface area contributed by atoms with Gasteiger partial charge in [-0.15, -0.1) is 0 Å². The van der Waals surface area contributed by atoms with E-state index in [4.69, 9.17) is 15.3 Å². The van der Waals surface area contributed by atoms with Crippen LogP contribution in [0, 0.1) is 10.1 Å². The Hall–Kier alpha value is -1.38. The molecular formula is C5H7NO7. The minimum absolute atomic E-state index is 0.171. The molecule has 3 atom stereocenters. The average molecular weight is 193 g/mol. The number of aliphatic hydroxyl groups is 3. The molecule has 8 heteroatoms. The first-order valence-electron chi connectivity index (χ1n) is 3.08. The Bertz CT molecular complexity index is 227. The zero-order chi connectivity index (χ0) is 10.6. The summed E-state index contributed by atoms with van der Waals surface area (Å²) in [5.74, 6) is -1.63. The van der Waals surface area contributed by atoms with Crippen molar-refractivity contribution in [3.63, 3.8) is 0 Å². The van der Waals surface area contributed by atoms with Gasteiger partial charge in [0, 0.05) is 0 Å². The fourth-order valence-corrected chi connectivity index (χ4v) is 0.499. The zero-order valence-electron chi connectivity index (χ0n) is 6.23. The molecule has 0 bridgehead atoms. The predicted octanol–water partition coefficient (Wildman–Crippen LogP) is -2.93. The highest BCUT2D eigenvalue weighted by molar-refractivity contribution is 5.88. The van der Waals surface area contributed by atoms with Crippen LogP contribution >= 0.6 is 0 Å². The van der Waals surface area contributed by atoms with Crippen LogP contribution in [0.3, 0.4) is 0 Å². The lowest BCUT2D eigenvalue weighted by molar-refractivity contribution is -0.553. The summed E-state index contributed by atoms with van der Waals surface area (Å²) in [6, 6.07) is 0. The van der Waals surface area contributed by atoms with Gasteiger partial charge in [-0.2, -0.15) is 0 Å². The van der Waals surface area contributed by atoms with Crippen LogP contribution in [0.25, 0.3) is 0 Å². The van der Waals surface area contributed by atoms with Crippen molar-refractivity contribution >= 4 is 12.1 Å². The molecule has 0 aliphatic rings. The maximum atomic E-state index is 10.6. The molecule has 0 aromatic carbocycles. The average Bonchev–Trinajstić information content (AvgIpc) is 2.12. The summed E-state index contributed by atoms with van der Waals surface area (Å²) in [6.45, 7) is 0. The molecule has 0 heterocycles. The zero-order valence-corrected chi connectivity index (χ0v) is 6.23. The van der Waals surface area contributed by atoms with E-state index < -0.39 is 29.1 Å². The lowest BCUT2D eigenvalue weighted by Gasteiger charge is -2.10. The fraction of sp³-hybridized carbons (Fsp3) is 0.600. The van der Waals surface area contributed by atoms with Crippen LogP contribution in [-0.2, 0) is 9.59 Å². The van der Waals surface area contributed by atoms with Crippen LogP contribution < -0.4 is 0 Å². The quantitative estimate of drug-likeness (QED) is 0.184. The number of Topliss-reactive ketones (excluding diaryl/α,β-unsaturated/α-hetero) is 1. The topological polar surface area (TPSA) is 138 Å². The summed E-state index contributed by atoms with van der Waals surface area (Å²) in [5.41, 5.74) is 0. The molecule has 0 radical (unpaired) electrons. The molecule has 3 N–H and O–H groups in total. The SMILES string of the molecule is O=C[C@@H](O)[C@H](O)C(=O)C(O)[N+](=O)[O-]. The van der Waals surface area contributed by atoms with Crippen molar-refractivity contribution in [2.24, 2.45) is 0 Å². The molecule has 0 aromatic heterocycles. The third kappa shape index (κ3) is 2.86. The van der Waals surface area contributed by atoms with E-state index in [1.165, 1.54) is 0 Å². The molecule has 74 valence electrons. The maximum Gasteiger partial charge on any atom is 0.375 e. The molecule has 13 heavy (non-hydrogen) atoms. The Morgan fingerprint density at radius 2 is 1.85 bits per heavy atom. The lowest BCUT2D eigenvalue weighted by atomic mass is 10.1. The highest BCUT2D eigenvalue weighted by Crippen LogP contribution is 1.98. The van der Waals surface area contributed by atoms with E-state index in [0.29, 0.717) is 0 Å². The van der Waals surface area contributed by atoms with Gasteiger partial charge in [-0.1, -0.05) is 0 Å². The second kappa shape index (κ2) is 4.60. The van der Waals surface area contributed by atoms with Gasteiger partial charge in [0.05, 0.1) is 4.92 Å². The second-order valence-corrected chi connectivity index (χ2v) is 2.13. The lowest BCUT2D eigenvalue weighted by Crippen LogP contribution is -2.44. The minimum Gasteiger partial charge on any atom is -0.382 e. The third-order valence-electron chi connectivity index (χ3n) is 1.21. The molecule has 0 saturated heterocycles. The molecule has 0 aromatic rings. The number of hydrogen-bond donors (Lipinski definition) is 3. The van der Waals surface area contributed by atoms with Gasteiger partial charge in [-0.3, -0.25) is 14.9 Å². The Balaban J connectivity index is 4.42. The molecule has 8 nitrogen and oxygen atoms in total. The van der Waals surface area contributed by atoms with Crippen LogP contribution in [0.1, 0.15) is 0 Å². The fourth-order valence-electron chi connectivity index (χ4n) is 0.499. The van der Waals surface area contributed by atoms with Gasteiger partial charge in [0.2, 0.25) is 0 Å². The van der Waals surface area contributed by atoms with Crippen molar-refractivity contribution in [1.29, 1.82) is 0 Å². The smallest absolute Gasteiger partial charge is 0.375 e. The first-order valence-corrected chi connectivity index (χ1v) is 3.08. The molecular weight excluding hydrogens is 186 g/mol. The first kappa shape index (κ1) is 11.6. The Kier molecular flexibility index (Phi) is 4.11. The van der Waals surface area contributed by atoms with Gasteiger partial charge in [0.15, 0.2) is 12.4 Å². The Morgan fingerprint density at radius 3 is 2.15 bits per heavy atom. The van der Waals surface area contributed by atoms with Gasteiger partial charge in [-0.25, -0.2) is 0 Å². The van der Waals surface area contributed by atoms with Gasteiger partial charge in [-0.05, 0) is 0 Å². The van der Waals surface area contributed by atoms with Crippen LogP contribution in [0.4, 0.5) is 0 Å². The van der Waals surface area contributed by atoms with E-state index >= 15 is 0 Å². The van der Waals surface area contributed by atoms with Crippen LogP contribution in [0.2, 0.25) is 0 Å². The number of nitrogens with zero attached hydrogens (tertiary/aromatic N) is 1. The first-order chi connectivity index (χ1) is 5.91. The number of carbonyl (C=O) groups is 2. The highest BCUT2D eigenvalue weighted by Gasteiger charge is 2.36. The van der Waals surface area contributed by atoms with Gasteiger partial charge in [0.1, 0.15) is 6.10 Å². The van der Waals surface area contributed by atoms with Crippen molar-refractivity contribution < 1.29 is 29.8 Å². The van der Waals surface area contributed by atoms with Crippen LogP contribution in [0.5, 0.6) is 0 Å². The van der Waals surface area contributed by atoms with Gasteiger partial charge in [0.25, 0.3) is 5.78 Å². The van der Waals surface area contributed by atoms with Gasteiger partial charge >= 0.3 is 6.23 Å². The van der Waals surface area contributed by atoms with E-state index in [2.05, 4.69) is 0 Å². The number of hydrogen-bond acceptors (Lipinski definition) is 7. The van der Waals surface area contributed by atoms with E-state index in [-0.39, 0.29) is 6.29 Å².